The number of nitrogens with zero attached hydrogens (tertiary/aromatic N) is 1. The van der Waals surface area contributed by atoms with Gasteiger partial charge in [0.25, 0.3) is 20.0 Å². The first-order valence-corrected chi connectivity index (χ1v) is 13.2. The van der Waals surface area contributed by atoms with Gasteiger partial charge in [0.1, 0.15) is 0 Å². The Bertz CT molecular complexity index is 1130. The Morgan fingerprint density at radius 3 is 1.61 bits per heavy atom. The number of benzene rings is 3. The molecule has 1 unspecified atom stereocenters. The standard InChI is InChI=1S/C23H24ClNO4S2/c1-2-3-14-23(19-15-17-20(24)18-16-19)25(30(26,27)21-10-6-4-7-11-21)31(28,29)22-12-8-5-9-13-22/h4-13,15-18,23H,2-3,14H2,1H3. The van der Waals surface area contributed by atoms with Crippen LogP contribution >= 0.6 is 11.6 Å². The molecular weight excluding hydrogens is 454 g/mol. The topological polar surface area (TPSA) is 71.5 Å². The van der Waals surface area contributed by atoms with Crippen LogP contribution in [0.25, 0.3) is 0 Å². The van der Waals surface area contributed by atoms with Gasteiger partial charge in [0.15, 0.2) is 0 Å². The zero-order valence-electron chi connectivity index (χ0n) is 17.1. The molecule has 8 heteroatoms. The van der Waals surface area contributed by atoms with Gasteiger partial charge in [0.05, 0.1) is 15.8 Å². The molecule has 0 saturated carbocycles. The van der Waals surface area contributed by atoms with Crippen molar-refractivity contribution < 1.29 is 16.8 Å². The summed E-state index contributed by atoms with van der Waals surface area (Å²) in [7, 11) is -8.76. The van der Waals surface area contributed by atoms with Crippen molar-refractivity contribution >= 4 is 31.6 Å². The van der Waals surface area contributed by atoms with Gasteiger partial charge in [0.2, 0.25) is 0 Å². The molecular formula is C23H24ClNO4S2. The Morgan fingerprint density at radius 2 is 1.19 bits per heavy atom. The fourth-order valence-corrected chi connectivity index (χ4v) is 7.55. The monoisotopic (exact) mass is 477 g/mol. The van der Waals surface area contributed by atoms with E-state index in [2.05, 4.69) is 0 Å². The van der Waals surface area contributed by atoms with Gasteiger partial charge in [-0.05, 0) is 48.4 Å². The highest BCUT2D eigenvalue weighted by molar-refractivity contribution is 8.04. The Hall–Kier alpha value is -2.19. The van der Waals surface area contributed by atoms with Crippen LogP contribution in [0.1, 0.15) is 37.8 Å². The molecule has 3 aromatic carbocycles. The highest BCUT2D eigenvalue weighted by atomic mass is 35.5. The van der Waals surface area contributed by atoms with Crippen LogP contribution in [0.2, 0.25) is 5.02 Å². The highest BCUT2D eigenvalue weighted by Crippen LogP contribution is 2.37. The fraction of sp³-hybridized carbons (Fsp3) is 0.217. The summed E-state index contributed by atoms with van der Waals surface area (Å²) in [6.07, 6.45) is 1.78. The maximum Gasteiger partial charge on any atom is 0.256 e. The third-order valence-corrected chi connectivity index (χ3v) is 9.52. The average molecular weight is 478 g/mol. The summed E-state index contributed by atoms with van der Waals surface area (Å²) in [6, 6.07) is 21.0. The van der Waals surface area contributed by atoms with Crippen LogP contribution < -0.4 is 0 Å². The van der Waals surface area contributed by atoms with E-state index in [-0.39, 0.29) is 9.79 Å². The molecule has 0 N–H and O–H groups in total. The van der Waals surface area contributed by atoms with Gasteiger partial charge in [-0.15, -0.1) is 0 Å². The molecule has 0 aromatic heterocycles. The van der Waals surface area contributed by atoms with Crippen molar-refractivity contribution in [2.75, 3.05) is 0 Å². The largest absolute Gasteiger partial charge is 0.256 e. The van der Waals surface area contributed by atoms with Gasteiger partial charge in [0, 0.05) is 5.02 Å². The summed E-state index contributed by atoms with van der Waals surface area (Å²) in [5.41, 5.74) is 0.567. The molecule has 0 heterocycles. The maximum absolute atomic E-state index is 13.7. The molecule has 164 valence electrons. The molecule has 0 fully saturated rings. The van der Waals surface area contributed by atoms with Crippen LogP contribution in [-0.4, -0.2) is 20.5 Å². The van der Waals surface area contributed by atoms with E-state index in [1.54, 1.807) is 60.7 Å². The van der Waals surface area contributed by atoms with Crippen LogP contribution in [0.4, 0.5) is 0 Å². The van der Waals surface area contributed by atoms with Crippen LogP contribution in [0.15, 0.2) is 94.7 Å². The lowest BCUT2D eigenvalue weighted by atomic mass is 10.0. The van der Waals surface area contributed by atoms with Crippen molar-refractivity contribution in [2.45, 2.75) is 42.0 Å². The average Bonchev–Trinajstić information content (AvgIpc) is 2.78. The van der Waals surface area contributed by atoms with Gasteiger partial charge < -0.3 is 0 Å². The minimum Gasteiger partial charge on any atom is -0.206 e. The van der Waals surface area contributed by atoms with E-state index in [0.717, 1.165) is 6.42 Å². The lowest BCUT2D eigenvalue weighted by Crippen LogP contribution is -2.40. The molecule has 0 saturated heterocycles. The number of hydrogen-bond acceptors (Lipinski definition) is 4. The summed E-state index contributed by atoms with van der Waals surface area (Å²) in [4.78, 5) is -0.157. The number of hydrogen-bond donors (Lipinski definition) is 0. The van der Waals surface area contributed by atoms with Gasteiger partial charge in [-0.25, -0.2) is 16.8 Å². The molecule has 0 aliphatic carbocycles. The van der Waals surface area contributed by atoms with Crippen LogP contribution in [-0.2, 0) is 20.0 Å². The van der Waals surface area contributed by atoms with E-state index in [1.165, 1.54) is 24.3 Å². The van der Waals surface area contributed by atoms with E-state index in [1.807, 2.05) is 6.92 Å². The first-order valence-electron chi connectivity index (χ1n) is 9.93. The lowest BCUT2D eigenvalue weighted by molar-refractivity contribution is 0.401. The van der Waals surface area contributed by atoms with E-state index >= 15 is 0 Å². The third kappa shape index (κ3) is 5.18. The number of rotatable bonds is 9. The van der Waals surface area contributed by atoms with Crippen molar-refractivity contribution in [3.8, 4) is 0 Å². The maximum atomic E-state index is 13.7. The van der Waals surface area contributed by atoms with Gasteiger partial charge in [-0.3, -0.25) is 0 Å². The molecule has 0 bridgehead atoms. The van der Waals surface area contributed by atoms with Gasteiger partial charge >= 0.3 is 0 Å². The predicted molar refractivity (Wildman–Crippen MR) is 123 cm³/mol. The molecule has 1 atom stereocenters. The van der Waals surface area contributed by atoms with Crippen molar-refractivity contribution in [3.05, 3.63) is 95.5 Å². The van der Waals surface area contributed by atoms with Gasteiger partial charge in [-0.2, -0.15) is 0 Å². The van der Waals surface area contributed by atoms with Crippen LogP contribution in [0.3, 0.4) is 0 Å². The number of sulfonamides is 2. The molecule has 0 spiro atoms. The quantitative estimate of drug-likeness (QED) is 0.399. The first-order chi connectivity index (χ1) is 14.8. The second-order valence-electron chi connectivity index (χ2n) is 7.07. The summed E-state index contributed by atoms with van der Waals surface area (Å²) >= 11 is 6.02. The zero-order chi connectivity index (χ0) is 22.5. The molecule has 3 aromatic rings. The molecule has 0 radical (unpaired) electrons. The fourth-order valence-electron chi connectivity index (χ4n) is 3.33. The molecule has 5 nitrogen and oxygen atoms in total. The Labute approximate surface area is 189 Å². The van der Waals surface area contributed by atoms with E-state index in [0.29, 0.717) is 27.1 Å². The van der Waals surface area contributed by atoms with E-state index < -0.39 is 26.1 Å². The molecule has 0 aliphatic rings. The Morgan fingerprint density at radius 1 is 0.742 bits per heavy atom. The molecule has 31 heavy (non-hydrogen) atoms. The summed E-state index contributed by atoms with van der Waals surface area (Å²) in [5, 5.41) is 0.487. The summed E-state index contributed by atoms with van der Waals surface area (Å²) in [5.74, 6) is 0. The lowest BCUT2D eigenvalue weighted by Gasteiger charge is -2.30. The van der Waals surface area contributed by atoms with Gasteiger partial charge in [-0.1, -0.05) is 83.6 Å². The molecule has 0 amide bonds. The number of unbranched alkanes of at least 4 members (excludes halogenated alkanes) is 1. The second-order valence-corrected chi connectivity index (χ2v) is 11.4. The normalized spacial score (nSPS) is 13.3. The van der Waals surface area contributed by atoms with Crippen LogP contribution in [0.5, 0.6) is 0 Å². The summed E-state index contributed by atoms with van der Waals surface area (Å²) in [6.45, 7) is 1.97. The van der Waals surface area contributed by atoms with E-state index in [9.17, 15) is 16.8 Å². The van der Waals surface area contributed by atoms with Crippen molar-refractivity contribution in [3.63, 3.8) is 0 Å². The number of halogens is 1. The van der Waals surface area contributed by atoms with Crippen molar-refractivity contribution in [2.24, 2.45) is 0 Å². The SMILES string of the molecule is CCCCC(c1ccc(Cl)cc1)N(S(=O)(=O)c1ccccc1)S(=O)(=O)c1ccccc1. The van der Waals surface area contributed by atoms with E-state index in [4.69, 9.17) is 11.6 Å². The smallest absolute Gasteiger partial charge is 0.206 e. The van der Waals surface area contributed by atoms with Crippen molar-refractivity contribution in [1.29, 1.82) is 0 Å². The Kier molecular flexibility index (Phi) is 7.54. The highest BCUT2D eigenvalue weighted by Gasteiger charge is 2.42. The minimum atomic E-state index is -4.38. The predicted octanol–water partition coefficient (Wildman–Crippen LogP) is 5.65. The third-order valence-electron chi connectivity index (χ3n) is 4.90. The van der Waals surface area contributed by atoms with Crippen molar-refractivity contribution in [1.82, 2.24) is 3.71 Å². The first kappa shape index (κ1) is 23.5. The molecule has 0 aliphatic heterocycles. The van der Waals surface area contributed by atoms with Crippen LogP contribution in [0, 0.1) is 0 Å². The Balaban J connectivity index is 2.26. The molecule has 3 rings (SSSR count). The zero-order valence-corrected chi connectivity index (χ0v) is 19.4. The minimum absolute atomic E-state index is 0.0787. The summed E-state index contributed by atoms with van der Waals surface area (Å²) < 4.78 is 55.5. The second kappa shape index (κ2) is 9.96.